The highest BCUT2D eigenvalue weighted by Gasteiger charge is 2.13. The lowest BCUT2D eigenvalue weighted by Gasteiger charge is -2.09. The van der Waals surface area contributed by atoms with E-state index >= 15 is 0 Å². The molecule has 16 heavy (non-hydrogen) atoms. The summed E-state index contributed by atoms with van der Waals surface area (Å²) in [6.07, 6.45) is 1.88. The van der Waals surface area contributed by atoms with Gasteiger partial charge >= 0.3 is 5.97 Å². The second-order valence-electron chi connectivity index (χ2n) is 3.33. The Balaban J connectivity index is 2.49. The second-order valence-corrected chi connectivity index (χ2v) is 3.33. The van der Waals surface area contributed by atoms with Gasteiger partial charge in [-0.3, -0.25) is 4.79 Å². The van der Waals surface area contributed by atoms with Gasteiger partial charge in [-0.1, -0.05) is 24.3 Å². The normalized spacial score (nSPS) is 11.9. The van der Waals surface area contributed by atoms with Crippen molar-refractivity contribution in [3.8, 4) is 0 Å². The lowest BCUT2D eigenvalue weighted by Crippen LogP contribution is -2.31. The Morgan fingerprint density at radius 2 is 2.25 bits per heavy atom. The van der Waals surface area contributed by atoms with E-state index in [1.54, 1.807) is 18.2 Å². The summed E-state index contributed by atoms with van der Waals surface area (Å²) >= 11 is 0. The minimum Gasteiger partial charge on any atom is -0.460 e. The average Bonchev–Trinajstić information content (AvgIpc) is 2.28. The molecule has 0 saturated heterocycles. The summed E-state index contributed by atoms with van der Waals surface area (Å²) < 4.78 is 18.0. The van der Waals surface area contributed by atoms with E-state index in [4.69, 9.17) is 10.5 Å². The molecule has 4 heteroatoms. The minimum absolute atomic E-state index is 0.101. The third kappa shape index (κ3) is 3.47. The molecule has 0 spiro atoms. The van der Waals surface area contributed by atoms with Crippen molar-refractivity contribution in [2.75, 3.05) is 0 Å². The highest BCUT2D eigenvalue weighted by Crippen LogP contribution is 2.08. The number of hydrogen-bond acceptors (Lipinski definition) is 3. The molecule has 1 atom stereocenters. The molecule has 3 nitrogen and oxygen atoms in total. The molecular weight excluding hydrogens is 209 g/mol. The molecule has 0 saturated carbocycles. The van der Waals surface area contributed by atoms with Crippen molar-refractivity contribution < 1.29 is 13.9 Å². The third-order valence-electron chi connectivity index (χ3n) is 2.05. The lowest BCUT2D eigenvalue weighted by atomic mass is 10.2. The molecule has 1 rings (SSSR count). The molecular formula is C12H14FNO2. The van der Waals surface area contributed by atoms with E-state index in [0.717, 1.165) is 0 Å². The number of esters is 1. The molecule has 1 unspecified atom stereocenters. The molecule has 0 aliphatic rings. The van der Waals surface area contributed by atoms with Crippen LogP contribution in [0.4, 0.5) is 4.39 Å². The maximum Gasteiger partial charge on any atom is 0.323 e. The Kier molecular flexibility index (Phi) is 4.66. The molecule has 0 amide bonds. The first-order chi connectivity index (χ1) is 7.65. The van der Waals surface area contributed by atoms with Gasteiger partial charge in [0.05, 0.1) is 0 Å². The number of carbonyl (C=O) groups is 1. The zero-order valence-electron chi connectivity index (χ0n) is 8.86. The van der Waals surface area contributed by atoms with Crippen LogP contribution in [0.25, 0.3) is 0 Å². The summed E-state index contributed by atoms with van der Waals surface area (Å²) in [5.41, 5.74) is 5.83. The maximum absolute atomic E-state index is 13.2. The molecule has 1 aromatic carbocycles. The van der Waals surface area contributed by atoms with E-state index in [1.165, 1.54) is 12.1 Å². The zero-order chi connectivity index (χ0) is 12.0. The van der Waals surface area contributed by atoms with Crippen molar-refractivity contribution in [2.24, 2.45) is 5.73 Å². The van der Waals surface area contributed by atoms with Crippen LogP contribution in [0.5, 0.6) is 0 Å². The van der Waals surface area contributed by atoms with Crippen LogP contribution in [0, 0.1) is 5.82 Å². The smallest absolute Gasteiger partial charge is 0.323 e. The van der Waals surface area contributed by atoms with E-state index < -0.39 is 17.8 Å². The number of halogens is 1. The minimum atomic E-state index is -0.732. The number of hydrogen-bond donors (Lipinski definition) is 1. The molecule has 0 heterocycles. The van der Waals surface area contributed by atoms with Crippen molar-refractivity contribution in [1.82, 2.24) is 0 Å². The Bertz CT molecular complexity index is 379. The van der Waals surface area contributed by atoms with Crippen molar-refractivity contribution in [3.05, 3.63) is 48.3 Å². The molecule has 0 fully saturated rings. The Morgan fingerprint density at radius 3 is 2.88 bits per heavy atom. The predicted molar refractivity (Wildman–Crippen MR) is 59.0 cm³/mol. The fourth-order valence-electron chi connectivity index (χ4n) is 1.15. The second kappa shape index (κ2) is 6.02. The van der Waals surface area contributed by atoms with Crippen LogP contribution in [0.1, 0.15) is 12.0 Å². The standard InChI is InChI=1S/C12H14FNO2/c1-2-5-11(14)12(15)16-8-9-6-3-4-7-10(9)13/h2-4,6-7,11H,1,5,8,14H2. The Morgan fingerprint density at radius 1 is 1.56 bits per heavy atom. The van der Waals surface area contributed by atoms with Gasteiger partial charge in [0, 0.05) is 5.56 Å². The van der Waals surface area contributed by atoms with Gasteiger partial charge in [-0.25, -0.2) is 4.39 Å². The average molecular weight is 223 g/mol. The molecule has 0 aliphatic heterocycles. The van der Waals surface area contributed by atoms with E-state index in [-0.39, 0.29) is 6.61 Å². The van der Waals surface area contributed by atoms with E-state index in [0.29, 0.717) is 12.0 Å². The monoisotopic (exact) mass is 223 g/mol. The van der Waals surface area contributed by atoms with Crippen molar-refractivity contribution in [1.29, 1.82) is 0 Å². The quantitative estimate of drug-likeness (QED) is 0.611. The molecule has 0 radical (unpaired) electrons. The maximum atomic E-state index is 13.2. The fraction of sp³-hybridized carbons (Fsp3) is 0.250. The number of carbonyl (C=O) groups excluding carboxylic acids is 1. The van der Waals surface area contributed by atoms with E-state index in [1.807, 2.05) is 0 Å². The highest BCUT2D eigenvalue weighted by atomic mass is 19.1. The number of benzene rings is 1. The number of nitrogens with two attached hydrogens (primary N) is 1. The van der Waals surface area contributed by atoms with E-state index in [2.05, 4.69) is 6.58 Å². The molecule has 86 valence electrons. The van der Waals surface area contributed by atoms with Gasteiger partial charge in [0.2, 0.25) is 0 Å². The summed E-state index contributed by atoms with van der Waals surface area (Å²) in [6, 6.07) is 5.39. The Labute approximate surface area is 93.7 Å². The predicted octanol–water partition coefficient (Wildman–Crippen LogP) is 1.77. The first kappa shape index (κ1) is 12.4. The van der Waals surface area contributed by atoms with Gasteiger partial charge < -0.3 is 10.5 Å². The van der Waals surface area contributed by atoms with Crippen LogP contribution >= 0.6 is 0 Å². The van der Waals surface area contributed by atoms with E-state index in [9.17, 15) is 9.18 Å². The fourth-order valence-corrected chi connectivity index (χ4v) is 1.15. The molecule has 1 aromatic rings. The van der Waals surface area contributed by atoms with Crippen LogP contribution in [0.3, 0.4) is 0 Å². The van der Waals surface area contributed by atoms with Gasteiger partial charge in [-0.05, 0) is 12.5 Å². The first-order valence-corrected chi connectivity index (χ1v) is 4.91. The van der Waals surface area contributed by atoms with Crippen molar-refractivity contribution >= 4 is 5.97 Å². The molecule has 0 aromatic heterocycles. The number of ether oxygens (including phenoxy) is 1. The van der Waals surface area contributed by atoms with Crippen LogP contribution in [0.15, 0.2) is 36.9 Å². The van der Waals surface area contributed by atoms with Gasteiger partial charge in [-0.15, -0.1) is 6.58 Å². The van der Waals surface area contributed by atoms with Gasteiger partial charge in [-0.2, -0.15) is 0 Å². The zero-order valence-corrected chi connectivity index (χ0v) is 8.86. The Hall–Kier alpha value is -1.68. The van der Waals surface area contributed by atoms with Crippen LogP contribution in [-0.2, 0) is 16.1 Å². The summed E-state index contributed by atoms with van der Waals surface area (Å²) in [4.78, 5) is 11.3. The van der Waals surface area contributed by atoms with Crippen LogP contribution in [0.2, 0.25) is 0 Å². The van der Waals surface area contributed by atoms with Crippen LogP contribution < -0.4 is 5.73 Å². The molecule has 0 aliphatic carbocycles. The largest absolute Gasteiger partial charge is 0.460 e. The summed E-state index contributed by atoms with van der Waals surface area (Å²) in [6.45, 7) is 3.37. The lowest BCUT2D eigenvalue weighted by molar-refractivity contribution is -0.146. The summed E-state index contributed by atoms with van der Waals surface area (Å²) in [7, 11) is 0. The van der Waals surface area contributed by atoms with Crippen LogP contribution in [-0.4, -0.2) is 12.0 Å². The topological polar surface area (TPSA) is 52.3 Å². The third-order valence-corrected chi connectivity index (χ3v) is 2.05. The van der Waals surface area contributed by atoms with Gasteiger partial charge in [0.1, 0.15) is 18.5 Å². The highest BCUT2D eigenvalue weighted by molar-refractivity contribution is 5.75. The summed E-state index contributed by atoms with van der Waals surface area (Å²) in [5.74, 6) is -0.948. The number of rotatable bonds is 5. The summed E-state index contributed by atoms with van der Waals surface area (Å²) in [5, 5.41) is 0. The van der Waals surface area contributed by atoms with Crippen molar-refractivity contribution in [3.63, 3.8) is 0 Å². The molecule has 0 bridgehead atoms. The first-order valence-electron chi connectivity index (χ1n) is 4.91. The van der Waals surface area contributed by atoms with Gasteiger partial charge in [0.15, 0.2) is 0 Å². The van der Waals surface area contributed by atoms with Gasteiger partial charge in [0.25, 0.3) is 0 Å². The SMILES string of the molecule is C=CCC(N)C(=O)OCc1ccccc1F. The van der Waals surface area contributed by atoms with Crippen molar-refractivity contribution in [2.45, 2.75) is 19.1 Å². The molecule has 2 N–H and O–H groups in total.